The van der Waals surface area contributed by atoms with Gasteiger partial charge in [0.25, 0.3) is 0 Å². The molecule has 1 saturated carbocycles. The lowest BCUT2D eigenvalue weighted by Crippen LogP contribution is -2.47. The Hall–Kier alpha value is -0.810. The molecule has 0 heterocycles. The number of aliphatic hydroxyl groups is 1. The zero-order chi connectivity index (χ0) is 9.64. The third-order valence-corrected chi connectivity index (χ3v) is 3.92. The molecule has 2 heteroatoms. The first-order chi connectivity index (χ1) is 6.05. The van der Waals surface area contributed by atoms with Gasteiger partial charge in [0.1, 0.15) is 0 Å². The van der Waals surface area contributed by atoms with Gasteiger partial charge in [-0.3, -0.25) is 0 Å². The first kappa shape index (κ1) is 8.77. The predicted molar refractivity (Wildman–Crippen MR) is 49.7 cm³/mol. The van der Waals surface area contributed by atoms with Crippen molar-refractivity contribution >= 4 is 0 Å². The highest BCUT2D eigenvalue weighted by molar-refractivity contribution is 5.27. The molecule has 70 valence electrons. The van der Waals surface area contributed by atoms with Crippen LogP contribution in [0.1, 0.15) is 26.7 Å². The van der Waals surface area contributed by atoms with E-state index in [1.54, 1.807) is 0 Å². The number of hydrogen-bond acceptors (Lipinski definition) is 2. The molecule has 3 aliphatic rings. The Kier molecular flexibility index (Phi) is 1.75. The minimum atomic E-state index is -0.860. The lowest BCUT2D eigenvalue weighted by atomic mass is 9.50. The van der Waals surface area contributed by atoms with Crippen molar-refractivity contribution in [2.75, 3.05) is 0 Å². The summed E-state index contributed by atoms with van der Waals surface area (Å²) in [4.78, 5) is 0. The van der Waals surface area contributed by atoms with Gasteiger partial charge in [-0.1, -0.05) is 19.9 Å². The summed E-state index contributed by atoms with van der Waals surface area (Å²) < 4.78 is 0. The zero-order valence-electron chi connectivity index (χ0n) is 8.12. The van der Waals surface area contributed by atoms with E-state index in [4.69, 9.17) is 5.26 Å². The Bertz CT molecular complexity index is 298. The van der Waals surface area contributed by atoms with Gasteiger partial charge < -0.3 is 5.11 Å². The van der Waals surface area contributed by atoms with Gasteiger partial charge in [0.2, 0.25) is 0 Å². The van der Waals surface area contributed by atoms with Gasteiger partial charge in [-0.25, -0.2) is 0 Å². The first-order valence-corrected chi connectivity index (χ1v) is 4.84. The SMILES string of the molecule is CC1(C)[C@@H]2CC([C@@H](O)C#N)=C[C@H]1C2. The predicted octanol–water partition coefficient (Wildman–Crippen LogP) is 1.86. The van der Waals surface area contributed by atoms with Crippen LogP contribution >= 0.6 is 0 Å². The molecule has 13 heavy (non-hydrogen) atoms. The average Bonchev–Trinajstić information content (AvgIpc) is 2.16. The van der Waals surface area contributed by atoms with Gasteiger partial charge in [0, 0.05) is 0 Å². The maximum atomic E-state index is 9.36. The van der Waals surface area contributed by atoms with Crippen LogP contribution < -0.4 is 0 Å². The van der Waals surface area contributed by atoms with Crippen molar-refractivity contribution in [1.82, 2.24) is 0 Å². The maximum absolute atomic E-state index is 9.36. The Morgan fingerprint density at radius 3 is 2.77 bits per heavy atom. The third-order valence-electron chi connectivity index (χ3n) is 3.92. The topological polar surface area (TPSA) is 44.0 Å². The van der Waals surface area contributed by atoms with Crippen molar-refractivity contribution in [3.63, 3.8) is 0 Å². The molecule has 3 rings (SSSR count). The summed E-state index contributed by atoms with van der Waals surface area (Å²) in [5, 5.41) is 17.9. The van der Waals surface area contributed by atoms with E-state index >= 15 is 0 Å². The van der Waals surface area contributed by atoms with Crippen LogP contribution in [-0.4, -0.2) is 11.2 Å². The maximum Gasteiger partial charge on any atom is 0.161 e. The number of fused-ring (bicyclic) bond motifs is 1. The molecule has 1 N–H and O–H groups in total. The molecule has 0 unspecified atom stereocenters. The minimum absolute atomic E-state index is 0.401. The molecule has 1 fully saturated rings. The second-order valence-electron chi connectivity index (χ2n) is 4.84. The largest absolute Gasteiger partial charge is 0.374 e. The van der Waals surface area contributed by atoms with Gasteiger partial charge in [-0.15, -0.1) is 0 Å². The smallest absolute Gasteiger partial charge is 0.161 e. The Morgan fingerprint density at radius 2 is 2.38 bits per heavy atom. The normalized spacial score (nSPS) is 36.9. The van der Waals surface area contributed by atoms with Gasteiger partial charge in [0.05, 0.1) is 6.07 Å². The number of hydrogen-bond donors (Lipinski definition) is 1. The zero-order valence-corrected chi connectivity index (χ0v) is 8.12. The van der Waals surface area contributed by atoms with Crippen LogP contribution in [0.5, 0.6) is 0 Å². The summed E-state index contributed by atoms with van der Waals surface area (Å²) in [6.45, 7) is 4.55. The van der Waals surface area contributed by atoms with Gasteiger partial charge in [0.15, 0.2) is 6.10 Å². The van der Waals surface area contributed by atoms with E-state index in [1.165, 1.54) is 6.42 Å². The second-order valence-corrected chi connectivity index (χ2v) is 4.84. The number of rotatable bonds is 1. The standard InChI is InChI=1S/C11H15NO/c1-11(2)8-3-7(10(13)6-12)4-9(11)5-8/h3,8-10,13H,4-5H2,1-2H3/t8-,9+,10-/m0/s1. The quantitative estimate of drug-likeness (QED) is 0.491. The lowest BCUT2D eigenvalue weighted by molar-refractivity contribution is -0.00572. The second kappa shape index (κ2) is 2.59. The molecule has 2 bridgehead atoms. The van der Waals surface area contributed by atoms with Crippen LogP contribution in [0.4, 0.5) is 0 Å². The van der Waals surface area contributed by atoms with E-state index in [9.17, 15) is 5.11 Å². The van der Waals surface area contributed by atoms with Crippen LogP contribution in [-0.2, 0) is 0 Å². The van der Waals surface area contributed by atoms with E-state index in [0.29, 0.717) is 17.3 Å². The summed E-state index contributed by atoms with van der Waals surface area (Å²) in [6.07, 6.45) is 3.42. The summed E-state index contributed by atoms with van der Waals surface area (Å²) in [5.74, 6) is 1.27. The molecule has 3 atom stereocenters. The summed E-state index contributed by atoms with van der Waals surface area (Å²) >= 11 is 0. The highest BCUT2D eigenvalue weighted by Gasteiger charge is 2.50. The van der Waals surface area contributed by atoms with E-state index < -0.39 is 6.10 Å². The lowest BCUT2D eigenvalue weighted by Gasteiger charge is -2.55. The van der Waals surface area contributed by atoms with E-state index in [1.807, 2.05) is 6.07 Å². The van der Waals surface area contributed by atoms with Crippen LogP contribution in [0.2, 0.25) is 0 Å². The fourth-order valence-electron chi connectivity index (χ4n) is 2.58. The Morgan fingerprint density at radius 1 is 1.69 bits per heavy atom. The molecular weight excluding hydrogens is 162 g/mol. The van der Waals surface area contributed by atoms with Gasteiger partial charge in [-0.2, -0.15) is 5.26 Å². The van der Waals surface area contributed by atoms with Crippen molar-refractivity contribution in [3.05, 3.63) is 11.6 Å². The summed E-state index contributed by atoms with van der Waals surface area (Å²) in [6, 6.07) is 1.89. The first-order valence-electron chi connectivity index (χ1n) is 4.84. The fourth-order valence-corrected chi connectivity index (χ4v) is 2.58. The van der Waals surface area contributed by atoms with Gasteiger partial charge >= 0.3 is 0 Å². The van der Waals surface area contributed by atoms with E-state index in [0.717, 1.165) is 12.0 Å². The molecule has 0 amide bonds. The van der Waals surface area contributed by atoms with Crippen LogP contribution in [0.25, 0.3) is 0 Å². The van der Waals surface area contributed by atoms with Crippen molar-refractivity contribution in [2.24, 2.45) is 17.3 Å². The average molecular weight is 177 g/mol. The molecule has 0 radical (unpaired) electrons. The molecule has 0 aliphatic heterocycles. The number of nitriles is 1. The van der Waals surface area contributed by atoms with Crippen LogP contribution in [0.3, 0.4) is 0 Å². The highest BCUT2D eigenvalue weighted by Crippen LogP contribution is 2.58. The van der Waals surface area contributed by atoms with E-state index in [-0.39, 0.29) is 0 Å². The molecule has 0 spiro atoms. The molecule has 0 aromatic heterocycles. The highest BCUT2D eigenvalue weighted by atomic mass is 16.3. The van der Waals surface area contributed by atoms with Crippen LogP contribution in [0, 0.1) is 28.6 Å². The molecule has 0 saturated heterocycles. The summed E-state index contributed by atoms with van der Waals surface area (Å²) in [7, 11) is 0. The Labute approximate surface area is 78.9 Å². The van der Waals surface area contributed by atoms with Crippen molar-refractivity contribution in [3.8, 4) is 6.07 Å². The van der Waals surface area contributed by atoms with E-state index in [2.05, 4.69) is 19.9 Å². The molecule has 0 aromatic carbocycles. The monoisotopic (exact) mass is 177 g/mol. The van der Waals surface area contributed by atoms with Crippen molar-refractivity contribution in [2.45, 2.75) is 32.8 Å². The summed E-state index contributed by atoms with van der Waals surface area (Å²) in [5.41, 5.74) is 1.35. The Balaban J connectivity index is 2.18. The molecule has 0 aromatic rings. The van der Waals surface area contributed by atoms with Crippen molar-refractivity contribution < 1.29 is 5.11 Å². The fraction of sp³-hybridized carbons (Fsp3) is 0.727. The molecular formula is C11H15NO. The van der Waals surface area contributed by atoms with Crippen molar-refractivity contribution in [1.29, 1.82) is 5.26 Å². The number of nitrogens with zero attached hydrogens (tertiary/aromatic N) is 1. The molecule has 3 aliphatic carbocycles. The third kappa shape index (κ3) is 1.11. The number of aliphatic hydroxyl groups excluding tert-OH is 1. The van der Waals surface area contributed by atoms with Gasteiger partial charge in [-0.05, 0) is 35.7 Å². The number of allylic oxidation sites excluding steroid dienone is 1. The molecule has 2 nitrogen and oxygen atoms in total. The van der Waals surface area contributed by atoms with Crippen LogP contribution in [0.15, 0.2) is 11.6 Å². The minimum Gasteiger partial charge on any atom is -0.374 e.